The van der Waals surface area contributed by atoms with Crippen LogP contribution in [0.15, 0.2) is 12.2 Å². The second kappa shape index (κ2) is 4.90. The summed E-state index contributed by atoms with van der Waals surface area (Å²) in [5.74, 6) is 1.59. The molecule has 4 nitrogen and oxygen atoms in total. The van der Waals surface area contributed by atoms with E-state index in [0.717, 1.165) is 25.7 Å². The Morgan fingerprint density at radius 2 is 1.75 bits per heavy atom. The molecule has 0 aliphatic heterocycles. The second-order valence-electron chi connectivity index (χ2n) is 6.59. The molecule has 0 radical (unpaired) electrons. The van der Waals surface area contributed by atoms with Gasteiger partial charge in [0.25, 0.3) is 0 Å². The lowest BCUT2D eigenvalue weighted by Crippen LogP contribution is -2.36. The van der Waals surface area contributed by atoms with E-state index in [1.807, 2.05) is 0 Å². The van der Waals surface area contributed by atoms with Gasteiger partial charge >= 0.3 is 11.9 Å². The van der Waals surface area contributed by atoms with Crippen molar-refractivity contribution < 1.29 is 19.1 Å². The van der Waals surface area contributed by atoms with E-state index in [4.69, 9.17) is 9.47 Å². The number of ether oxygens (including phenoxy) is 2. The van der Waals surface area contributed by atoms with Gasteiger partial charge in [-0.3, -0.25) is 4.79 Å². The van der Waals surface area contributed by atoms with Crippen LogP contribution in [0, 0.1) is 23.7 Å². The van der Waals surface area contributed by atoms with Gasteiger partial charge in [-0.2, -0.15) is 0 Å². The summed E-state index contributed by atoms with van der Waals surface area (Å²) < 4.78 is 11.1. The number of carbonyl (C=O) groups excluding carboxylic acids is 2. The first kappa shape index (κ1) is 13.7. The van der Waals surface area contributed by atoms with Crippen molar-refractivity contribution in [3.8, 4) is 0 Å². The molecule has 4 heteroatoms. The van der Waals surface area contributed by atoms with Crippen molar-refractivity contribution in [2.45, 2.75) is 51.7 Å². The maximum atomic E-state index is 11.7. The summed E-state index contributed by atoms with van der Waals surface area (Å²) in [7, 11) is 0. The van der Waals surface area contributed by atoms with Gasteiger partial charge in [-0.15, -0.1) is 0 Å². The predicted molar refractivity (Wildman–Crippen MR) is 72.7 cm³/mol. The van der Waals surface area contributed by atoms with Crippen LogP contribution in [0.2, 0.25) is 0 Å². The maximum Gasteiger partial charge on any atom is 0.333 e. The minimum Gasteiger partial charge on any atom is -0.462 e. The minimum atomic E-state index is -0.269. The molecule has 20 heavy (non-hydrogen) atoms. The van der Waals surface area contributed by atoms with E-state index in [9.17, 15) is 9.59 Å². The Balaban J connectivity index is 1.66. The standard InChI is InChI=1S/C16H22O4/c1-8(2)16(18)20-13-5-4-11-12-6-10(15(11)13)7-14(12)19-9(3)17/h10-15H,1,4-7H2,2-3H3/t10-,11?,12?,13?,14?,15?/m0/s1. The first-order chi connectivity index (χ1) is 9.47. The molecule has 5 unspecified atom stereocenters. The van der Waals surface area contributed by atoms with E-state index in [0.29, 0.717) is 29.2 Å². The summed E-state index contributed by atoms with van der Waals surface area (Å²) in [5.41, 5.74) is 0.467. The fourth-order valence-corrected chi connectivity index (χ4v) is 4.73. The highest BCUT2D eigenvalue weighted by atomic mass is 16.5. The van der Waals surface area contributed by atoms with E-state index < -0.39 is 0 Å². The van der Waals surface area contributed by atoms with Crippen molar-refractivity contribution >= 4 is 11.9 Å². The smallest absolute Gasteiger partial charge is 0.333 e. The van der Waals surface area contributed by atoms with Crippen LogP contribution in [0.1, 0.15) is 39.5 Å². The van der Waals surface area contributed by atoms with E-state index in [-0.39, 0.29) is 24.1 Å². The fourth-order valence-electron chi connectivity index (χ4n) is 4.73. The van der Waals surface area contributed by atoms with Crippen LogP contribution in [0.3, 0.4) is 0 Å². The lowest BCUT2D eigenvalue weighted by Gasteiger charge is -2.33. The van der Waals surface area contributed by atoms with Crippen molar-refractivity contribution in [3.63, 3.8) is 0 Å². The Bertz CT molecular complexity index is 455. The molecule has 3 fully saturated rings. The second-order valence-corrected chi connectivity index (χ2v) is 6.59. The number of rotatable bonds is 3. The number of carbonyl (C=O) groups is 2. The summed E-state index contributed by atoms with van der Waals surface area (Å²) in [4.78, 5) is 22.9. The van der Waals surface area contributed by atoms with Gasteiger partial charge in [-0.25, -0.2) is 4.79 Å². The third-order valence-corrected chi connectivity index (χ3v) is 5.31. The van der Waals surface area contributed by atoms with Crippen molar-refractivity contribution in [2.24, 2.45) is 23.7 Å². The third kappa shape index (κ3) is 2.15. The molecule has 3 aliphatic rings. The lowest BCUT2D eigenvalue weighted by molar-refractivity contribution is -0.152. The molecule has 3 rings (SSSR count). The Morgan fingerprint density at radius 1 is 1.00 bits per heavy atom. The first-order valence-electron chi connectivity index (χ1n) is 7.51. The van der Waals surface area contributed by atoms with Gasteiger partial charge in [-0.1, -0.05) is 6.58 Å². The summed E-state index contributed by atoms with van der Waals surface area (Å²) in [5, 5.41) is 0. The predicted octanol–water partition coefficient (Wildman–Crippen LogP) is 2.47. The number of hydrogen-bond donors (Lipinski definition) is 0. The van der Waals surface area contributed by atoms with Crippen LogP contribution in [-0.2, 0) is 19.1 Å². The molecule has 0 aromatic carbocycles. The van der Waals surface area contributed by atoms with Gasteiger partial charge in [0.05, 0.1) is 0 Å². The fraction of sp³-hybridized carbons (Fsp3) is 0.750. The van der Waals surface area contributed by atoms with E-state index in [1.54, 1.807) is 6.92 Å². The molecule has 0 N–H and O–H groups in total. The lowest BCUT2D eigenvalue weighted by atomic mass is 9.79. The topological polar surface area (TPSA) is 52.6 Å². The largest absolute Gasteiger partial charge is 0.462 e. The van der Waals surface area contributed by atoms with E-state index in [2.05, 4.69) is 6.58 Å². The zero-order valence-electron chi connectivity index (χ0n) is 12.1. The molecular weight excluding hydrogens is 256 g/mol. The van der Waals surface area contributed by atoms with Crippen LogP contribution in [0.25, 0.3) is 0 Å². The molecule has 0 amide bonds. The molecule has 0 spiro atoms. The van der Waals surface area contributed by atoms with Crippen molar-refractivity contribution in [1.82, 2.24) is 0 Å². The average Bonchev–Trinajstić information content (AvgIpc) is 3.00. The molecule has 110 valence electrons. The van der Waals surface area contributed by atoms with Gasteiger partial charge in [0.2, 0.25) is 0 Å². The van der Waals surface area contributed by atoms with E-state index in [1.165, 1.54) is 6.92 Å². The highest BCUT2D eigenvalue weighted by Crippen LogP contribution is 2.60. The van der Waals surface area contributed by atoms with Crippen molar-refractivity contribution in [2.75, 3.05) is 0 Å². The molecule has 6 atom stereocenters. The van der Waals surface area contributed by atoms with Crippen molar-refractivity contribution in [1.29, 1.82) is 0 Å². The number of fused-ring (bicyclic) bond motifs is 5. The molecule has 3 aliphatic carbocycles. The van der Waals surface area contributed by atoms with Crippen LogP contribution in [0.4, 0.5) is 0 Å². The Hall–Kier alpha value is -1.32. The molecule has 0 aromatic heterocycles. The highest BCUT2D eigenvalue weighted by Gasteiger charge is 2.59. The van der Waals surface area contributed by atoms with Crippen LogP contribution in [0.5, 0.6) is 0 Å². The maximum absolute atomic E-state index is 11.7. The number of hydrogen-bond acceptors (Lipinski definition) is 4. The molecular formula is C16H22O4. The van der Waals surface area contributed by atoms with Gasteiger partial charge in [0.1, 0.15) is 12.2 Å². The Morgan fingerprint density at radius 3 is 2.40 bits per heavy atom. The summed E-state index contributed by atoms with van der Waals surface area (Å²) in [6, 6.07) is 0. The van der Waals surface area contributed by atoms with Gasteiger partial charge in [-0.05, 0) is 50.4 Å². The van der Waals surface area contributed by atoms with E-state index >= 15 is 0 Å². The minimum absolute atomic E-state index is 0.0393. The quantitative estimate of drug-likeness (QED) is 0.588. The zero-order valence-corrected chi connectivity index (χ0v) is 12.1. The number of esters is 2. The average molecular weight is 278 g/mol. The van der Waals surface area contributed by atoms with Gasteiger partial charge in [0, 0.05) is 18.4 Å². The van der Waals surface area contributed by atoms with Gasteiger partial charge in [0.15, 0.2) is 0 Å². The molecule has 0 heterocycles. The van der Waals surface area contributed by atoms with Crippen molar-refractivity contribution in [3.05, 3.63) is 12.2 Å². The summed E-state index contributed by atoms with van der Waals surface area (Å²) >= 11 is 0. The highest BCUT2D eigenvalue weighted by molar-refractivity contribution is 5.87. The van der Waals surface area contributed by atoms with Crippen LogP contribution < -0.4 is 0 Å². The Kier molecular flexibility index (Phi) is 3.35. The van der Waals surface area contributed by atoms with Crippen LogP contribution in [-0.4, -0.2) is 24.1 Å². The first-order valence-corrected chi connectivity index (χ1v) is 7.51. The SMILES string of the molecule is C=C(C)C(=O)OC1CCC2C3C[C@@H](CC3OC(C)=O)C12. The molecule has 0 saturated heterocycles. The monoisotopic (exact) mass is 278 g/mol. The molecule has 3 saturated carbocycles. The summed E-state index contributed by atoms with van der Waals surface area (Å²) in [6.45, 7) is 6.81. The summed E-state index contributed by atoms with van der Waals surface area (Å²) in [6.07, 6.45) is 4.21. The van der Waals surface area contributed by atoms with Crippen LogP contribution >= 0.6 is 0 Å². The zero-order chi connectivity index (χ0) is 14.4. The molecule has 0 aromatic rings. The normalized spacial score (nSPS) is 41.3. The Labute approximate surface area is 119 Å². The third-order valence-electron chi connectivity index (χ3n) is 5.31. The molecule has 2 bridgehead atoms. The van der Waals surface area contributed by atoms with Gasteiger partial charge < -0.3 is 9.47 Å².